The number of rotatable bonds is 8. The highest BCUT2D eigenvalue weighted by Crippen LogP contribution is 2.08. The third-order valence-corrected chi connectivity index (χ3v) is 3.47. The van der Waals surface area contributed by atoms with Crippen LogP contribution < -0.4 is 10.6 Å². The number of likely N-dealkylation sites (N-methyl/N-ethyl adjacent to an activating group) is 1. The summed E-state index contributed by atoms with van der Waals surface area (Å²) in [6, 6.07) is 0.486. The summed E-state index contributed by atoms with van der Waals surface area (Å²) in [5, 5.41) is 6.11. The van der Waals surface area contributed by atoms with Gasteiger partial charge in [0.1, 0.15) is 0 Å². The third-order valence-electron chi connectivity index (χ3n) is 3.47. The van der Waals surface area contributed by atoms with Gasteiger partial charge in [-0.25, -0.2) is 0 Å². The number of carbonyl (C=O) groups excluding carboxylic acids is 2. The number of hydrogen-bond donors (Lipinski definition) is 2. The van der Waals surface area contributed by atoms with E-state index in [9.17, 15) is 9.59 Å². The van der Waals surface area contributed by atoms with Gasteiger partial charge in [0.05, 0.1) is 13.2 Å². The second-order valence-electron chi connectivity index (χ2n) is 5.12. The highest BCUT2D eigenvalue weighted by Gasteiger charge is 2.19. The van der Waals surface area contributed by atoms with Crippen molar-refractivity contribution in [3.05, 3.63) is 0 Å². The molecule has 1 saturated heterocycles. The number of hydrogen-bond acceptors (Lipinski definition) is 5. The Labute approximate surface area is 121 Å². The van der Waals surface area contributed by atoms with Gasteiger partial charge in [0, 0.05) is 25.6 Å². The Morgan fingerprint density at radius 1 is 1.40 bits per heavy atom. The summed E-state index contributed by atoms with van der Waals surface area (Å²) >= 11 is 0. The molecule has 0 saturated carbocycles. The fraction of sp³-hybridized carbons (Fsp3) is 0.857. The van der Waals surface area contributed by atoms with Gasteiger partial charge in [-0.15, -0.1) is 0 Å². The lowest BCUT2D eigenvalue weighted by Gasteiger charge is -2.31. The lowest BCUT2D eigenvalue weighted by atomic mass is 10.1. The summed E-state index contributed by atoms with van der Waals surface area (Å²) in [7, 11) is 1.96. The van der Waals surface area contributed by atoms with E-state index in [1.165, 1.54) is 6.42 Å². The molecule has 1 unspecified atom stereocenters. The molecule has 0 bridgehead atoms. The molecule has 6 nitrogen and oxygen atoms in total. The molecule has 6 heteroatoms. The SMILES string of the molecule is CCOC(=O)CCCNC(=O)CN1CCCC(NC)C1. The monoisotopic (exact) mass is 285 g/mol. The van der Waals surface area contributed by atoms with Crippen molar-refractivity contribution in [3.63, 3.8) is 0 Å². The zero-order valence-corrected chi connectivity index (χ0v) is 12.6. The summed E-state index contributed by atoms with van der Waals surface area (Å²) in [5.41, 5.74) is 0. The minimum atomic E-state index is -0.199. The van der Waals surface area contributed by atoms with Crippen LogP contribution in [0.15, 0.2) is 0 Å². The Balaban J connectivity index is 2.09. The molecule has 20 heavy (non-hydrogen) atoms. The van der Waals surface area contributed by atoms with E-state index >= 15 is 0 Å². The fourth-order valence-corrected chi connectivity index (χ4v) is 2.39. The van der Waals surface area contributed by atoms with Crippen LogP contribution >= 0.6 is 0 Å². The van der Waals surface area contributed by atoms with Gasteiger partial charge < -0.3 is 15.4 Å². The Bertz CT molecular complexity index is 310. The van der Waals surface area contributed by atoms with Gasteiger partial charge in [0.2, 0.25) is 5.91 Å². The number of amides is 1. The first-order valence-electron chi connectivity index (χ1n) is 7.47. The smallest absolute Gasteiger partial charge is 0.305 e. The predicted octanol–water partition coefficient (Wildman–Crippen LogP) is 0.130. The molecule has 1 aliphatic rings. The van der Waals surface area contributed by atoms with Crippen molar-refractivity contribution in [1.29, 1.82) is 0 Å². The van der Waals surface area contributed by atoms with Gasteiger partial charge in [-0.1, -0.05) is 0 Å². The number of nitrogens with zero attached hydrogens (tertiary/aromatic N) is 1. The van der Waals surface area contributed by atoms with E-state index in [2.05, 4.69) is 15.5 Å². The normalized spacial score (nSPS) is 19.6. The quantitative estimate of drug-likeness (QED) is 0.490. The highest BCUT2D eigenvalue weighted by atomic mass is 16.5. The van der Waals surface area contributed by atoms with Crippen LogP contribution in [-0.4, -0.2) is 62.7 Å². The second kappa shape index (κ2) is 9.72. The topological polar surface area (TPSA) is 70.7 Å². The van der Waals surface area contributed by atoms with Crippen molar-refractivity contribution in [1.82, 2.24) is 15.5 Å². The van der Waals surface area contributed by atoms with Gasteiger partial charge in [-0.2, -0.15) is 0 Å². The van der Waals surface area contributed by atoms with Crippen LogP contribution in [0.25, 0.3) is 0 Å². The molecule has 2 N–H and O–H groups in total. The maximum absolute atomic E-state index is 11.8. The van der Waals surface area contributed by atoms with Crippen LogP contribution in [0.3, 0.4) is 0 Å². The standard InChI is InChI=1S/C14H27N3O3/c1-3-20-14(19)7-4-8-16-13(18)11-17-9-5-6-12(10-17)15-2/h12,15H,3-11H2,1-2H3,(H,16,18). The van der Waals surface area contributed by atoms with E-state index in [-0.39, 0.29) is 11.9 Å². The minimum Gasteiger partial charge on any atom is -0.466 e. The molecule has 0 aromatic heterocycles. The Hall–Kier alpha value is -1.14. The fourth-order valence-electron chi connectivity index (χ4n) is 2.39. The number of nitrogens with one attached hydrogen (secondary N) is 2. The first kappa shape index (κ1) is 16.9. The van der Waals surface area contributed by atoms with Crippen LogP contribution in [0.2, 0.25) is 0 Å². The lowest BCUT2D eigenvalue weighted by Crippen LogP contribution is -2.48. The minimum absolute atomic E-state index is 0.0330. The van der Waals surface area contributed by atoms with Crippen LogP contribution in [0.4, 0.5) is 0 Å². The Kier molecular flexibility index (Phi) is 8.22. The first-order chi connectivity index (χ1) is 9.65. The Morgan fingerprint density at radius 2 is 2.20 bits per heavy atom. The summed E-state index contributed by atoms with van der Waals surface area (Å²) in [6.07, 6.45) is 3.29. The number of piperidine rings is 1. The predicted molar refractivity (Wildman–Crippen MR) is 77.4 cm³/mol. The van der Waals surface area contributed by atoms with E-state index in [0.717, 1.165) is 19.5 Å². The molecule has 1 aliphatic heterocycles. The molecule has 0 aromatic rings. The largest absolute Gasteiger partial charge is 0.466 e. The van der Waals surface area contributed by atoms with Crippen LogP contribution in [0.1, 0.15) is 32.6 Å². The molecule has 0 radical (unpaired) electrons. The molecular weight excluding hydrogens is 258 g/mol. The molecule has 1 heterocycles. The molecule has 1 rings (SSSR count). The lowest BCUT2D eigenvalue weighted by molar-refractivity contribution is -0.143. The van der Waals surface area contributed by atoms with Crippen molar-refractivity contribution < 1.29 is 14.3 Å². The van der Waals surface area contributed by atoms with Gasteiger partial charge >= 0.3 is 5.97 Å². The molecule has 0 aromatic carbocycles. The summed E-state index contributed by atoms with van der Waals surface area (Å²) in [5.74, 6) is -0.166. The van der Waals surface area contributed by atoms with Gasteiger partial charge in [-0.05, 0) is 39.8 Å². The van der Waals surface area contributed by atoms with Crippen molar-refractivity contribution in [2.75, 3.05) is 39.8 Å². The second-order valence-corrected chi connectivity index (χ2v) is 5.12. The Morgan fingerprint density at radius 3 is 2.90 bits per heavy atom. The number of ether oxygens (including phenoxy) is 1. The molecule has 0 spiro atoms. The highest BCUT2D eigenvalue weighted by molar-refractivity contribution is 5.78. The summed E-state index contributed by atoms with van der Waals surface area (Å²) < 4.78 is 4.83. The van der Waals surface area contributed by atoms with Crippen molar-refractivity contribution in [2.24, 2.45) is 0 Å². The summed E-state index contributed by atoms with van der Waals surface area (Å²) in [4.78, 5) is 25.1. The van der Waals surface area contributed by atoms with Crippen molar-refractivity contribution >= 4 is 11.9 Å². The number of carbonyl (C=O) groups is 2. The van der Waals surface area contributed by atoms with Gasteiger partial charge in [0.15, 0.2) is 0 Å². The maximum Gasteiger partial charge on any atom is 0.305 e. The van der Waals surface area contributed by atoms with Crippen molar-refractivity contribution in [3.8, 4) is 0 Å². The average molecular weight is 285 g/mol. The molecule has 0 aliphatic carbocycles. The molecule has 1 atom stereocenters. The van der Waals surface area contributed by atoms with E-state index in [4.69, 9.17) is 4.74 Å². The third kappa shape index (κ3) is 6.86. The van der Waals surface area contributed by atoms with Gasteiger partial charge in [0.25, 0.3) is 0 Å². The molecular formula is C14H27N3O3. The molecule has 1 amide bonds. The van der Waals surface area contributed by atoms with Crippen LogP contribution in [-0.2, 0) is 14.3 Å². The zero-order chi connectivity index (χ0) is 14.8. The van der Waals surface area contributed by atoms with Crippen molar-refractivity contribution in [2.45, 2.75) is 38.6 Å². The summed E-state index contributed by atoms with van der Waals surface area (Å²) in [6.45, 7) is 5.07. The van der Waals surface area contributed by atoms with E-state index < -0.39 is 0 Å². The molecule has 116 valence electrons. The zero-order valence-electron chi connectivity index (χ0n) is 12.6. The maximum atomic E-state index is 11.8. The van der Waals surface area contributed by atoms with E-state index in [1.807, 2.05) is 7.05 Å². The first-order valence-corrected chi connectivity index (χ1v) is 7.47. The number of esters is 1. The van der Waals surface area contributed by atoms with E-state index in [0.29, 0.717) is 38.6 Å². The number of likely N-dealkylation sites (tertiary alicyclic amines) is 1. The molecule has 1 fully saturated rings. The van der Waals surface area contributed by atoms with Crippen LogP contribution in [0.5, 0.6) is 0 Å². The van der Waals surface area contributed by atoms with Gasteiger partial charge in [-0.3, -0.25) is 14.5 Å². The average Bonchev–Trinajstić information content (AvgIpc) is 2.44. The van der Waals surface area contributed by atoms with Crippen LogP contribution in [0, 0.1) is 0 Å². The van der Waals surface area contributed by atoms with E-state index in [1.54, 1.807) is 6.92 Å².